The van der Waals surface area contributed by atoms with Gasteiger partial charge in [0.05, 0.1) is 12.0 Å². The molecule has 3 rings (SSSR count). The van der Waals surface area contributed by atoms with Gasteiger partial charge in [0, 0.05) is 13.1 Å². The van der Waals surface area contributed by atoms with E-state index < -0.39 is 0 Å². The van der Waals surface area contributed by atoms with E-state index in [1.54, 1.807) is 23.3 Å². The zero-order chi connectivity index (χ0) is 16.8. The van der Waals surface area contributed by atoms with Crippen molar-refractivity contribution in [2.45, 2.75) is 18.7 Å². The molecular weight excluding hydrogens is 326 g/mol. The molecule has 0 fully saturated rings. The highest BCUT2D eigenvalue weighted by molar-refractivity contribution is 7.99. The van der Waals surface area contributed by atoms with Gasteiger partial charge in [-0.3, -0.25) is 4.79 Å². The Bertz CT molecular complexity index is 772. The van der Waals surface area contributed by atoms with Crippen molar-refractivity contribution in [1.29, 1.82) is 0 Å². The van der Waals surface area contributed by atoms with Crippen molar-refractivity contribution < 1.29 is 13.6 Å². The van der Waals surface area contributed by atoms with Crippen molar-refractivity contribution in [3.8, 4) is 11.7 Å². The Labute approximate surface area is 143 Å². The van der Waals surface area contributed by atoms with E-state index in [-0.39, 0.29) is 11.7 Å². The molecule has 0 radical (unpaired) electrons. The molecule has 0 saturated carbocycles. The average molecular weight is 343 g/mol. The number of carbonyl (C=O) groups is 1. The minimum Gasteiger partial charge on any atom is -0.459 e. The van der Waals surface area contributed by atoms with Gasteiger partial charge in [-0.15, -0.1) is 10.2 Å². The molecule has 0 spiro atoms. The number of furan rings is 1. The molecule has 24 heavy (non-hydrogen) atoms. The number of nitrogens with zero attached hydrogens (tertiary/aromatic N) is 3. The van der Waals surface area contributed by atoms with Crippen LogP contribution in [0.15, 0.2) is 62.8 Å². The molecule has 0 atom stereocenters. The highest BCUT2D eigenvalue weighted by Crippen LogP contribution is 2.23. The third-order valence-electron chi connectivity index (χ3n) is 3.41. The van der Waals surface area contributed by atoms with Gasteiger partial charge in [0.2, 0.25) is 5.91 Å². The molecule has 0 bridgehead atoms. The number of benzene rings is 1. The highest BCUT2D eigenvalue weighted by atomic mass is 32.2. The topological polar surface area (TPSA) is 72.4 Å². The van der Waals surface area contributed by atoms with Crippen LogP contribution in [-0.4, -0.2) is 33.3 Å². The van der Waals surface area contributed by atoms with Gasteiger partial charge in [0.25, 0.3) is 11.1 Å². The summed E-state index contributed by atoms with van der Waals surface area (Å²) in [6.45, 7) is 3.21. The zero-order valence-corrected chi connectivity index (χ0v) is 14.0. The van der Waals surface area contributed by atoms with E-state index in [0.29, 0.717) is 30.0 Å². The molecule has 1 aromatic carbocycles. The summed E-state index contributed by atoms with van der Waals surface area (Å²) in [5.74, 6) is 1.11. The van der Waals surface area contributed by atoms with Crippen molar-refractivity contribution in [2.75, 3.05) is 12.3 Å². The van der Waals surface area contributed by atoms with Gasteiger partial charge >= 0.3 is 0 Å². The Balaban J connectivity index is 1.56. The molecule has 7 heteroatoms. The maximum absolute atomic E-state index is 12.4. The second-order valence-electron chi connectivity index (χ2n) is 5.03. The van der Waals surface area contributed by atoms with Crippen LogP contribution >= 0.6 is 11.8 Å². The summed E-state index contributed by atoms with van der Waals surface area (Å²) < 4.78 is 10.7. The molecule has 0 aliphatic heterocycles. The molecule has 1 amide bonds. The first-order valence-electron chi connectivity index (χ1n) is 7.58. The van der Waals surface area contributed by atoms with Gasteiger partial charge < -0.3 is 13.7 Å². The van der Waals surface area contributed by atoms with E-state index >= 15 is 0 Å². The first-order valence-corrected chi connectivity index (χ1v) is 8.56. The van der Waals surface area contributed by atoms with Crippen LogP contribution in [-0.2, 0) is 11.3 Å². The summed E-state index contributed by atoms with van der Waals surface area (Å²) in [5, 5.41) is 8.19. The molecule has 124 valence electrons. The number of rotatable bonds is 7. The summed E-state index contributed by atoms with van der Waals surface area (Å²) in [6, 6.07) is 13.4. The van der Waals surface area contributed by atoms with Gasteiger partial charge in [-0.25, -0.2) is 0 Å². The summed E-state index contributed by atoms with van der Waals surface area (Å²) in [6.07, 6.45) is 1.54. The number of carbonyl (C=O) groups excluding carboxylic acids is 1. The molecule has 2 heterocycles. The van der Waals surface area contributed by atoms with Crippen LogP contribution in [0.2, 0.25) is 0 Å². The molecule has 6 nitrogen and oxygen atoms in total. The molecule has 0 saturated heterocycles. The largest absolute Gasteiger partial charge is 0.459 e. The Morgan fingerprint density at radius 2 is 2.00 bits per heavy atom. The van der Waals surface area contributed by atoms with E-state index in [4.69, 9.17) is 8.83 Å². The second-order valence-corrected chi connectivity index (χ2v) is 5.96. The normalized spacial score (nSPS) is 10.7. The van der Waals surface area contributed by atoms with Gasteiger partial charge in [-0.2, -0.15) is 0 Å². The molecule has 2 aromatic heterocycles. The Morgan fingerprint density at radius 3 is 2.71 bits per heavy atom. The number of hydrogen-bond donors (Lipinski definition) is 0. The summed E-state index contributed by atoms with van der Waals surface area (Å²) in [5.41, 5.74) is 1.11. The van der Waals surface area contributed by atoms with Crippen LogP contribution in [0.3, 0.4) is 0 Å². The lowest BCUT2D eigenvalue weighted by atomic mass is 10.2. The molecule has 3 aromatic rings. The Hall–Kier alpha value is -2.54. The minimum absolute atomic E-state index is 0.0316. The van der Waals surface area contributed by atoms with Gasteiger partial charge in [-0.1, -0.05) is 42.1 Å². The number of hydrogen-bond acceptors (Lipinski definition) is 6. The quantitative estimate of drug-likeness (QED) is 0.612. The molecular formula is C17H17N3O3S. The first-order chi connectivity index (χ1) is 11.8. The van der Waals surface area contributed by atoms with E-state index in [1.807, 2.05) is 37.3 Å². The zero-order valence-electron chi connectivity index (χ0n) is 13.2. The van der Waals surface area contributed by atoms with Crippen LogP contribution in [0, 0.1) is 0 Å². The summed E-state index contributed by atoms with van der Waals surface area (Å²) in [7, 11) is 0. The maximum Gasteiger partial charge on any atom is 0.284 e. The minimum atomic E-state index is 0.0316. The lowest BCUT2D eigenvalue weighted by Crippen LogP contribution is -2.31. The number of thioether (sulfide) groups is 1. The second kappa shape index (κ2) is 7.83. The fraction of sp³-hybridized carbons (Fsp3) is 0.235. The highest BCUT2D eigenvalue weighted by Gasteiger charge is 2.16. The van der Waals surface area contributed by atoms with Gasteiger partial charge in [-0.05, 0) is 24.6 Å². The third-order valence-corrected chi connectivity index (χ3v) is 4.21. The van der Waals surface area contributed by atoms with Gasteiger partial charge in [0.15, 0.2) is 5.76 Å². The van der Waals surface area contributed by atoms with Crippen molar-refractivity contribution in [1.82, 2.24) is 15.1 Å². The SMILES string of the molecule is CCN(Cc1ccccc1)C(=O)CSc1nnc(-c2ccco2)o1. The number of aromatic nitrogens is 2. The van der Waals surface area contributed by atoms with Crippen molar-refractivity contribution in [2.24, 2.45) is 0 Å². The molecule has 0 unspecified atom stereocenters. The maximum atomic E-state index is 12.4. The van der Waals surface area contributed by atoms with E-state index in [0.717, 1.165) is 5.56 Å². The number of amides is 1. The smallest absolute Gasteiger partial charge is 0.284 e. The fourth-order valence-electron chi connectivity index (χ4n) is 2.16. The van der Waals surface area contributed by atoms with Crippen LogP contribution in [0.4, 0.5) is 0 Å². The van der Waals surface area contributed by atoms with E-state index in [1.165, 1.54) is 11.8 Å². The standard InChI is InChI=1S/C17H17N3O3S/c1-2-20(11-13-7-4-3-5-8-13)15(21)12-24-17-19-18-16(23-17)14-9-6-10-22-14/h3-10H,2,11-12H2,1H3. The summed E-state index contributed by atoms with van der Waals surface area (Å²) in [4.78, 5) is 14.2. The monoisotopic (exact) mass is 343 g/mol. The van der Waals surface area contributed by atoms with Crippen molar-refractivity contribution >= 4 is 17.7 Å². The Morgan fingerprint density at radius 1 is 1.17 bits per heavy atom. The predicted octanol–water partition coefficient (Wildman–Crippen LogP) is 3.47. The lowest BCUT2D eigenvalue weighted by Gasteiger charge is -2.20. The van der Waals surface area contributed by atoms with Crippen molar-refractivity contribution in [3.05, 3.63) is 54.3 Å². The Kier molecular flexibility index (Phi) is 5.32. The first kappa shape index (κ1) is 16.3. The van der Waals surface area contributed by atoms with Crippen LogP contribution in [0.5, 0.6) is 0 Å². The van der Waals surface area contributed by atoms with Crippen LogP contribution < -0.4 is 0 Å². The third kappa shape index (κ3) is 4.05. The van der Waals surface area contributed by atoms with Crippen LogP contribution in [0.1, 0.15) is 12.5 Å². The molecule has 0 aliphatic carbocycles. The lowest BCUT2D eigenvalue weighted by molar-refractivity contribution is -0.128. The van der Waals surface area contributed by atoms with Crippen LogP contribution in [0.25, 0.3) is 11.7 Å². The van der Waals surface area contributed by atoms with Crippen molar-refractivity contribution in [3.63, 3.8) is 0 Å². The summed E-state index contributed by atoms with van der Waals surface area (Å²) >= 11 is 1.23. The van der Waals surface area contributed by atoms with E-state index in [9.17, 15) is 4.79 Å². The van der Waals surface area contributed by atoms with Gasteiger partial charge in [0.1, 0.15) is 0 Å². The molecule has 0 aliphatic rings. The molecule has 0 N–H and O–H groups in total. The van der Waals surface area contributed by atoms with E-state index in [2.05, 4.69) is 10.2 Å². The average Bonchev–Trinajstić information content (AvgIpc) is 3.29. The predicted molar refractivity (Wildman–Crippen MR) is 90.3 cm³/mol. The fourth-order valence-corrected chi connectivity index (χ4v) is 2.83.